The predicted molar refractivity (Wildman–Crippen MR) is 83.4 cm³/mol. The Bertz CT molecular complexity index is 199. The maximum atomic E-state index is 5.62. The van der Waals surface area contributed by atoms with E-state index < -0.39 is 0 Å². The molecule has 0 aromatic heterocycles. The molecule has 0 aromatic rings. The molecule has 2 rings (SSSR count). The maximum absolute atomic E-state index is 5.62. The zero-order valence-corrected chi connectivity index (χ0v) is 12.8. The highest BCUT2D eigenvalue weighted by atomic mass is 15.2. The van der Waals surface area contributed by atoms with E-state index in [1.807, 2.05) is 0 Å². The van der Waals surface area contributed by atoms with Crippen molar-refractivity contribution in [2.45, 2.75) is 95.6 Å². The number of hydrogen-bond donors (Lipinski definition) is 1. The van der Waals surface area contributed by atoms with E-state index in [0.29, 0.717) is 0 Å². The molecule has 2 heteroatoms. The van der Waals surface area contributed by atoms with Crippen LogP contribution in [-0.4, -0.2) is 30.1 Å². The standard InChI is InChI=1S/C17H34N2/c18-14-8-3-9-15-19(16-10-4-1-5-11-16)17-12-6-2-7-13-17/h16-17H,1-15,18H2. The molecule has 0 atom stereocenters. The molecule has 0 saturated heterocycles. The Labute approximate surface area is 120 Å². The molecule has 112 valence electrons. The van der Waals surface area contributed by atoms with Crippen molar-refractivity contribution >= 4 is 0 Å². The Morgan fingerprint density at radius 3 is 1.68 bits per heavy atom. The van der Waals surface area contributed by atoms with Crippen LogP contribution in [0.3, 0.4) is 0 Å². The van der Waals surface area contributed by atoms with E-state index in [9.17, 15) is 0 Å². The molecule has 2 aliphatic carbocycles. The van der Waals surface area contributed by atoms with Gasteiger partial charge in [-0.3, -0.25) is 4.90 Å². The van der Waals surface area contributed by atoms with Crippen molar-refractivity contribution in [1.82, 2.24) is 4.90 Å². The summed E-state index contributed by atoms with van der Waals surface area (Å²) in [6.45, 7) is 2.21. The lowest BCUT2D eigenvalue weighted by molar-refractivity contribution is 0.0789. The second-order valence-corrected chi connectivity index (χ2v) is 6.67. The van der Waals surface area contributed by atoms with Gasteiger partial charge in [0.25, 0.3) is 0 Å². The average Bonchev–Trinajstić information content (AvgIpc) is 2.49. The highest BCUT2D eigenvalue weighted by molar-refractivity contribution is 4.83. The van der Waals surface area contributed by atoms with E-state index in [-0.39, 0.29) is 0 Å². The van der Waals surface area contributed by atoms with E-state index in [2.05, 4.69) is 4.90 Å². The second kappa shape index (κ2) is 8.97. The van der Waals surface area contributed by atoms with Crippen molar-refractivity contribution in [3.05, 3.63) is 0 Å². The zero-order chi connectivity index (χ0) is 13.3. The molecule has 0 amide bonds. The van der Waals surface area contributed by atoms with Crippen LogP contribution in [0.15, 0.2) is 0 Å². The molecule has 19 heavy (non-hydrogen) atoms. The summed E-state index contributed by atoms with van der Waals surface area (Å²) in [6, 6.07) is 1.82. The van der Waals surface area contributed by atoms with Crippen molar-refractivity contribution < 1.29 is 0 Å². The van der Waals surface area contributed by atoms with Gasteiger partial charge in [-0.05, 0) is 51.6 Å². The number of unbranched alkanes of at least 4 members (excludes halogenated alkanes) is 2. The van der Waals surface area contributed by atoms with Gasteiger partial charge in [0.1, 0.15) is 0 Å². The lowest BCUT2D eigenvalue weighted by atomic mass is 9.88. The fraction of sp³-hybridized carbons (Fsp3) is 1.00. The van der Waals surface area contributed by atoms with Crippen LogP contribution in [0.1, 0.15) is 83.5 Å². The third-order valence-corrected chi connectivity index (χ3v) is 5.21. The van der Waals surface area contributed by atoms with Crippen molar-refractivity contribution in [2.24, 2.45) is 5.73 Å². The molecule has 2 nitrogen and oxygen atoms in total. The van der Waals surface area contributed by atoms with Gasteiger partial charge in [-0.1, -0.05) is 44.9 Å². The van der Waals surface area contributed by atoms with E-state index >= 15 is 0 Å². The smallest absolute Gasteiger partial charge is 0.00981 e. The molecule has 2 fully saturated rings. The summed E-state index contributed by atoms with van der Waals surface area (Å²) in [6.07, 6.45) is 18.6. The second-order valence-electron chi connectivity index (χ2n) is 6.67. The molecule has 0 heterocycles. The SMILES string of the molecule is NCCCCCN(C1CCCCC1)C1CCCCC1. The Morgan fingerprint density at radius 1 is 0.684 bits per heavy atom. The minimum Gasteiger partial charge on any atom is -0.330 e. The third-order valence-electron chi connectivity index (χ3n) is 5.21. The largest absolute Gasteiger partial charge is 0.330 e. The molecule has 0 aromatic carbocycles. The van der Waals surface area contributed by atoms with E-state index in [1.54, 1.807) is 0 Å². The van der Waals surface area contributed by atoms with Crippen LogP contribution in [0.2, 0.25) is 0 Å². The van der Waals surface area contributed by atoms with E-state index in [1.165, 1.54) is 90.0 Å². The Hall–Kier alpha value is -0.0800. The van der Waals surface area contributed by atoms with Crippen molar-refractivity contribution in [1.29, 1.82) is 0 Å². The van der Waals surface area contributed by atoms with Crippen molar-refractivity contribution in [3.63, 3.8) is 0 Å². The van der Waals surface area contributed by atoms with E-state index in [4.69, 9.17) is 5.73 Å². The number of nitrogens with two attached hydrogens (primary N) is 1. The van der Waals surface area contributed by atoms with Gasteiger partial charge in [0.15, 0.2) is 0 Å². The number of nitrogens with zero attached hydrogens (tertiary/aromatic N) is 1. The van der Waals surface area contributed by atoms with Gasteiger partial charge in [0, 0.05) is 12.1 Å². The minimum absolute atomic E-state index is 0.868. The first-order valence-electron chi connectivity index (χ1n) is 8.87. The van der Waals surface area contributed by atoms with Crippen molar-refractivity contribution in [2.75, 3.05) is 13.1 Å². The van der Waals surface area contributed by atoms with Crippen LogP contribution < -0.4 is 5.73 Å². The molecule has 0 radical (unpaired) electrons. The molecule has 0 aliphatic heterocycles. The minimum atomic E-state index is 0.868. The van der Waals surface area contributed by atoms with Crippen LogP contribution >= 0.6 is 0 Å². The van der Waals surface area contributed by atoms with Crippen LogP contribution in [-0.2, 0) is 0 Å². The topological polar surface area (TPSA) is 29.3 Å². The molecule has 0 bridgehead atoms. The molecular formula is C17H34N2. The molecule has 2 N–H and O–H groups in total. The first kappa shape index (κ1) is 15.3. The molecule has 2 saturated carbocycles. The van der Waals surface area contributed by atoms with Crippen LogP contribution in [0.4, 0.5) is 0 Å². The summed E-state index contributed by atoms with van der Waals surface area (Å²) in [5, 5.41) is 0. The summed E-state index contributed by atoms with van der Waals surface area (Å²) in [5.74, 6) is 0. The lowest BCUT2D eigenvalue weighted by Gasteiger charge is -2.41. The van der Waals surface area contributed by atoms with Gasteiger partial charge in [-0.2, -0.15) is 0 Å². The summed E-state index contributed by atoms with van der Waals surface area (Å²) >= 11 is 0. The normalized spacial score (nSPS) is 23.1. The maximum Gasteiger partial charge on any atom is 0.00981 e. The highest BCUT2D eigenvalue weighted by Gasteiger charge is 2.28. The molecule has 0 spiro atoms. The van der Waals surface area contributed by atoms with Gasteiger partial charge >= 0.3 is 0 Å². The number of rotatable bonds is 7. The number of hydrogen-bond acceptors (Lipinski definition) is 2. The van der Waals surface area contributed by atoms with Gasteiger partial charge in [0.05, 0.1) is 0 Å². The van der Waals surface area contributed by atoms with Gasteiger partial charge in [-0.25, -0.2) is 0 Å². The fourth-order valence-corrected chi connectivity index (χ4v) is 4.10. The highest BCUT2D eigenvalue weighted by Crippen LogP contribution is 2.30. The summed E-state index contributed by atoms with van der Waals surface area (Å²) in [4.78, 5) is 2.93. The van der Waals surface area contributed by atoms with E-state index in [0.717, 1.165) is 18.6 Å². The van der Waals surface area contributed by atoms with Gasteiger partial charge in [0.2, 0.25) is 0 Å². The van der Waals surface area contributed by atoms with Crippen LogP contribution in [0.5, 0.6) is 0 Å². The predicted octanol–water partition coefficient (Wildman–Crippen LogP) is 4.08. The third kappa shape index (κ3) is 5.07. The zero-order valence-electron chi connectivity index (χ0n) is 12.8. The molecule has 0 unspecified atom stereocenters. The Balaban J connectivity index is 1.83. The van der Waals surface area contributed by atoms with Crippen LogP contribution in [0, 0.1) is 0 Å². The Morgan fingerprint density at radius 2 is 1.21 bits per heavy atom. The summed E-state index contributed by atoms with van der Waals surface area (Å²) in [7, 11) is 0. The molecular weight excluding hydrogens is 232 g/mol. The van der Waals surface area contributed by atoms with Crippen LogP contribution in [0.25, 0.3) is 0 Å². The van der Waals surface area contributed by atoms with Crippen molar-refractivity contribution in [3.8, 4) is 0 Å². The monoisotopic (exact) mass is 266 g/mol. The first-order valence-corrected chi connectivity index (χ1v) is 8.87. The van der Waals surface area contributed by atoms with Gasteiger partial charge in [-0.15, -0.1) is 0 Å². The quantitative estimate of drug-likeness (QED) is 0.703. The summed E-state index contributed by atoms with van der Waals surface area (Å²) < 4.78 is 0. The first-order chi connectivity index (χ1) is 9.42. The molecule has 2 aliphatic rings. The Kier molecular flexibility index (Phi) is 7.23. The summed E-state index contributed by atoms with van der Waals surface area (Å²) in [5.41, 5.74) is 5.62. The average molecular weight is 266 g/mol. The fourth-order valence-electron chi connectivity index (χ4n) is 4.10. The van der Waals surface area contributed by atoms with Gasteiger partial charge < -0.3 is 5.73 Å². The lowest BCUT2D eigenvalue weighted by Crippen LogP contribution is -2.45.